The maximum absolute atomic E-state index is 14.4. The maximum atomic E-state index is 14.4. The van der Waals surface area contributed by atoms with Crippen molar-refractivity contribution in [3.63, 3.8) is 0 Å². The largest absolute Gasteiger partial charge is 0.437 e. The number of esters is 1. The lowest BCUT2D eigenvalue weighted by atomic mass is 9.95. The Balaban J connectivity index is 2.71. The molecule has 2 rings (SSSR count). The number of carbonyl (C=O) groups excluding carboxylic acids is 5. The van der Waals surface area contributed by atoms with Crippen molar-refractivity contribution in [2.45, 2.75) is 117 Å². The molecule has 0 aliphatic rings. The first-order valence-corrected chi connectivity index (χ1v) is 19.3. The lowest BCUT2D eigenvalue weighted by Crippen LogP contribution is -2.61. The highest BCUT2D eigenvalue weighted by Crippen LogP contribution is 2.21. The number of aliphatic hydroxyl groups is 1. The molecule has 15 heteroatoms. The van der Waals surface area contributed by atoms with Crippen molar-refractivity contribution in [2.75, 3.05) is 20.9 Å². The molecule has 0 saturated heterocycles. The summed E-state index contributed by atoms with van der Waals surface area (Å²) in [6.07, 6.45) is -5.58. The summed E-state index contributed by atoms with van der Waals surface area (Å²) in [7, 11) is 2.89. The van der Waals surface area contributed by atoms with Gasteiger partial charge in [0.1, 0.15) is 30.3 Å². The predicted molar refractivity (Wildman–Crippen MR) is 210 cm³/mol. The molecule has 0 radical (unpaired) electrons. The van der Waals surface area contributed by atoms with Gasteiger partial charge in [0.15, 0.2) is 19.0 Å². The molecule has 0 fully saturated rings. The van der Waals surface area contributed by atoms with Crippen molar-refractivity contribution < 1.29 is 48.0 Å². The van der Waals surface area contributed by atoms with Crippen molar-refractivity contribution in [3.8, 4) is 0 Å². The zero-order valence-corrected chi connectivity index (χ0v) is 34.0. The molecule has 0 spiro atoms. The molecule has 312 valence electrons. The molecule has 2 aromatic rings. The lowest BCUT2D eigenvalue weighted by molar-refractivity contribution is -0.204. The fourth-order valence-electron chi connectivity index (χ4n) is 5.65. The van der Waals surface area contributed by atoms with Gasteiger partial charge in [-0.3, -0.25) is 24.0 Å². The number of likely N-dealkylation sites (N-methyl/N-ethyl adjacent to an activating group) is 2. The molecule has 0 saturated carbocycles. The summed E-state index contributed by atoms with van der Waals surface area (Å²) >= 11 is 0. The van der Waals surface area contributed by atoms with Crippen LogP contribution in [0.3, 0.4) is 0 Å². The van der Waals surface area contributed by atoms with Crippen LogP contribution in [0.15, 0.2) is 60.7 Å². The molecule has 0 heterocycles. The molecule has 0 aromatic heterocycles. The first kappa shape index (κ1) is 47.7. The van der Waals surface area contributed by atoms with Crippen LogP contribution >= 0.6 is 0 Å². The van der Waals surface area contributed by atoms with E-state index >= 15 is 0 Å². The third kappa shape index (κ3) is 14.6. The van der Waals surface area contributed by atoms with Crippen LogP contribution in [-0.2, 0) is 56.1 Å². The van der Waals surface area contributed by atoms with Crippen LogP contribution in [0.4, 0.5) is 0 Å². The lowest BCUT2D eigenvalue weighted by Gasteiger charge is -2.35. The van der Waals surface area contributed by atoms with Crippen LogP contribution in [0, 0.1) is 17.8 Å². The summed E-state index contributed by atoms with van der Waals surface area (Å²) < 4.78 is 23.7. The van der Waals surface area contributed by atoms with Crippen LogP contribution in [-0.4, -0.2) is 98.1 Å². The molecule has 56 heavy (non-hydrogen) atoms. The molecule has 7 N–H and O–H groups in total. The number of aliphatic hydroxyl groups excluding tert-OH is 1. The van der Waals surface area contributed by atoms with Crippen LogP contribution in [0.2, 0.25) is 0 Å². The van der Waals surface area contributed by atoms with Gasteiger partial charge in [-0.25, -0.2) is 0 Å². The molecule has 0 aliphatic carbocycles. The number of nitrogens with one attached hydrogen (secondary N) is 4. The highest BCUT2D eigenvalue weighted by Gasteiger charge is 2.45. The standard InChI is InChI=1S/C41H63N5O10/c1-9-25(4)30(42)41(52)56-24-55-34(36(54-23-29-20-16-13-17-21-29)40(51)46-32(27(6)11-3)38(49)44-8)33(47)35(53-22-28-18-14-12-15-19-28)39(50)45-31(26(5)10-2)37(48)43-7/h12-21,25-27,30-36,47H,9-11,22-24,42H2,1-8H3,(H,43,48)(H,44,49)(H,45,50)(H,46,51)/t25-,26?,27?,30-,31-,32-,33+,34+,35+,36+/m0/s1. The summed E-state index contributed by atoms with van der Waals surface area (Å²) in [4.78, 5) is 67.4. The Bertz CT molecular complexity index is 1500. The first-order valence-electron chi connectivity index (χ1n) is 19.3. The Hall–Kier alpha value is -4.41. The number of rotatable bonds is 25. The van der Waals surface area contributed by atoms with Crippen LogP contribution in [0.25, 0.3) is 0 Å². The minimum Gasteiger partial charge on any atom is -0.437 e. The SMILES string of the molecule is CCC(C)[C@H](NC(=O)[C@H](OCc1ccccc1)[C@H](O)[C@@H](OCOC(=O)[C@@H](N)[C@@H](C)CC)[C@@H](OCc1ccccc1)C(=O)N[C@H](C(=O)NC)C(C)CC)C(=O)NC. The van der Waals surface area contributed by atoms with Crippen LogP contribution < -0.4 is 27.0 Å². The van der Waals surface area contributed by atoms with Crippen molar-refractivity contribution in [3.05, 3.63) is 71.8 Å². The van der Waals surface area contributed by atoms with Gasteiger partial charge in [-0.1, -0.05) is 121 Å². The second kappa shape index (κ2) is 25.0. The highest BCUT2D eigenvalue weighted by atomic mass is 16.7. The fourth-order valence-corrected chi connectivity index (χ4v) is 5.65. The average molecular weight is 786 g/mol. The zero-order valence-electron chi connectivity index (χ0n) is 34.0. The van der Waals surface area contributed by atoms with E-state index in [9.17, 15) is 29.1 Å². The topological polar surface area (TPSA) is 217 Å². The van der Waals surface area contributed by atoms with Crippen molar-refractivity contribution in [1.82, 2.24) is 21.3 Å². The number of benzene rings is 2. The van der Waals surface area contributed by atoms with Gasteiger partial charge in [0.25, 0.3) is 11.8 Å². The van der Waals surface area contributed by atoms with Gasteiger partial charge < -0.3 is 51.1 Å². The van der Waals surface area contributed by atoms with E-state index in [0.29, 0.717) is 30.4 Å². The highest BCUT2D eigenvalue weighted by molar-refractivity contribution is 5.91. The third-order valence-corrected chi connectivity index (χ3v) is 10.1. The number of ether oxygens (including phenoxy) is 4. The Morgan fingerprint density at radius 2 is 1.04 bits per heavy atom. The number of amides is 4. The van der Waals surface area contributed by atoms with Gasteiger partial charge >= 0.3 is 5.97 Å². The smallest absolute Gasteiger partial charge is 0.325 e. The number of nitrogens with two attached hydrogens (primary N) is 1. The van der Waals surface area contributed by atoms with E-state index in [2.05, 4.69) is 21.3 Å². The molecule has 0 aliphatic heterocycles. The van der Waals surface area contributed by atoms with E-state index in [1.807, 2.05) is 20.8 Å². The molecule has 0 bridgehead atoms. The van der Waals surface area contributed by atoms with Crippen molar-refractivity contribution in [2.24, 2.45) is 23.5 Å². The van der Waals surface area contributed by atoms with E-state index in [0.717, 1.165) is 0 Å². The predicted octanol–water partition coefficient (Wildman–Crippen LogP) is 2.33. The molecule has 2 aromatic carbocycles. The molecular weight excluding hydrogens is 722 g/mol. The van der Waals surface area contributed by atoms with Gasteiger partial charge in [0, 0.05) is 14.1 Å². The van der Waals surface area contributed by atoms with Crippen molar-refractivity contribution in [1.29, 1.82) is 0 Å². The molecule has 15 nitrogen and oxygen atoms in total. The van der Waals surface area contributed by atoms with E-state index in [-0.39, 0.29) is 31.0 Å². The van der Waals surface area contributed by atoms with Crippen LogP contribution in [0.5, 0.6) is 0 Å². The maximum Gasteiger partial charge on any atom is 0.325 e. The van der Waals surface area contributed by atoms with Gasteiger partial charge in [0.05, 0.1) is 13.2 Å². The van der Waals surface area contributed by atoms with E-state index in [1.54, 1.807) is 81.4 Å². The fraction of sp³-hybridized carbons (Fsp3) is 0.585. The minimum atomic E-state index is -1.99. The summed E-state index contributed by atoms with van der Waals surface area (Å²) in [6, 6.07) is 14.8. The summed E-state index contributed by atoms with van der Waals surface area (Å²) in [5, 5.41) is 22.9. The quantitative estimate of drug-likeness (QED) is 0.0635. The average Bonchev–Trinajstić information content (AvgIpc) is 3.22. The van der Waals surface area contributed by atoms with E-state index < -0.39 is 78.9 Å². The second-order valence-corrected chi connectivity index (χ2v) is 14.0. The van der Waals surface area contributed by atoms with Gasteiger partial charge in [-0.05, 0) is 28.9 Å². The molecule has 10 atom stereocenters. The number of carbonyl (C=O) groups is 5. The number of hydrogen-bond donors (Lipinski definition) is 6. The van der Waals surface area contributed by atoms with Crippen molar-refractivity contribution >= 4 is 29.6 Å². The van der Waals surface area contributed by atoms with Gasteiger partial charge in [-0.15, -0.1) is 0 Å². The minimum absolute atomic E-state index is 0.160. The zero-order chi connectivity index (χ0) is 41.8. The molecule has 2 unspecified atom stereocenters. The van der Waals surface area contributed by atoms with E-state index in [4.69, 9.17) is 24.7 Å². The Morgan fingerprint density at radius 3 is 1.45 bits per heavy atom. The Morgan fingerprint density at radius 1 is 0.625 bits per heavy atom. The van der Waals surface area contributed by atoms with Crippen LogP contribution in [0.1, 0.15) is 71.9 Å². The van der Waals surface area contributed by atoms with Gasteiger partial charge in [-0.2, -0.15) is 0 Å². The summed E-state index contributed by atoms with van der Waals surface area (Å²) in [6.45, 7) is 9.85. The molecular formula is C41H63N5O10. The molecule has 4 amide bonds. The van der Waals surface area contributed by atoms with Gasteiger partial charge in [0.2, 0.25) is 11.8 Å². The third-order valence-electron chi connectivity index (χ3n) is 10.1. The monoisotopic (exact) mass is 785 g/mol. The summed E-state index contributed by atoms with van der Waals surface area (Å²) in [5.41, 5.74) is 7.41. The Labute approximate surface area is 331 Å². The number of hydrogen-bond acceptors (Lipinski definition) is 11. The normalized spacial score (nSPS) is 16.7. The van der Waals surface area contributed by atoms with E-state index in [1.165, 1.54) is 14.1 Å². The summed E-state index contributed by atoms with van der Waals surface area (Å²) in [5.74, 6) is -4.31. The second-order valence-electron chi connectivity index (χ2n) is 14.0. The Kier molecular flexibility index (Phi) is 21.3. The first-order chi connectivity index (χ1) is 26.7.